The van der Waals surface area contributed by atoms with Crippen LogP contribution in [0.25, 0.3) is 0 Å². The molecule has 2 atom stereocenters. The lowest BCUT2D eigenvalue weighted by atomic mass is 9.97. The summed E-state index contributed by atoms with van der Waals surface area (Å²) >= 11 is 6.14. The third kappa shape index (κ3) is 2.52. The average molecular weight is 173 g/mol. The predicted molar refractivity (Wildman–Crippen MR) is 51.0 cm³/mol. The normalized spacial score (nSPS) is 30.7. The molecule has 1 saturated carbocycles. The first kappa shape index (κ1) is 9.12. The number of rotatable bonds is 3. The van der Waals surface area contributed by atoms with E-state index in [0.717, 1.165) is 18.8 Å². The Hall–Kier alpha value is 0.0300. The number of allylic oxidation sites excluding steroid dienone is 1. The molecule has 0 aromatic carbocycles. The SMILES string of the molecule is C=C(CC)CC1CCCC1Cl. The van der Waals surface area contributed by atoms with Crippen molar-refractivity contribution in [3.05, 3.63) is 12.2 Å². The van der Waals surface area contributed by atoms with Crippen molar-refractivity contribution in [1.29, 1.82) is 0 Å². The summed E-state index contributed by atoms with van der Waals surface area (Å²) in [5.41, 5.74) is 1.36. The van der Waals surface area contributed by atoms with E-state index in [-0.39, 0.29) is 0 Å². The first-order chi connectivity index (χ1) is 5.24. The molecule has 0 saturated heterocycles. The second-order valence-corrected chi connectivity index (χ2v) is 4.08. The van der Waals surface area contributed by atoms with Crippen LogP contribution in [0.1, 0.15) is 39.0 Å². The van der Waals surface area contributed by atoms with Crippen LogP contribution in [-0.4, -0.2) is 5.38 Å². The molecule has 0 aliphatic heterocycles. The van der Waals surface area contributed by atoms with Gasteiger partial charge in [-0.05, 0) is 31.6 Å². The lowest BCUT2D eigenvalue weighted by molar-refractivity contribution is 0.544. The molecule has 11 heavy (non-hydrogen) atoms. The molecular weight excluding hydrogens is 156 g/mol. The summed E-state index contributed by atoms with van der Waals surface area (Å²) in [6.45, 7) is 6.18. The van der Waals surface area contributed by atoms with Crippen LogP contribution in [0.2, 0.25) is 0 Å². The van der Waals surface area contributed by atoms with Gasteiger partial charge in [-0.15, -0.1) is 11.6 Å². The molecule has 0 aromatic rings. The molecule has 0 N–H and O–H groups in total. The molecule has 0 bridgehead atoms. The summed E-state index contributed by atoms with van der Waals surface area (Å²) in [6.07, 6.45) is 6.11. The molecule has 1 rings (SSSR count). The fourth-order valence-electron chi connectivity index (χ4n) is 1.74. The molecular formula is C10H17Cl. The Morgan fingerprint density at radius 1 is 1.55 bits per heavy atom. The second-order valence-electron chi connectivity index (χ2n) is 3.51. The molecule has 0 nitrogen and oxygen atoms in total. The minimum Gasteiger partial charge on any atom is -0.123 e. The maximum atomic E-state index is 6.14. The summed E-state index contributed by atoms with van der Waals surface area (Å²) < 4.78 is 0. The van der Waals surface area contributed by atoms with Gasteiger partial charge < -0.3 is 0 Å². The first-order valence-corrected chi connectivity index (χ1v) is 4.98. The Bertz CT molecular complexity index is 140. The summed E-state index contributed by atoms with van der Waals surface area (Å²) in [4.78, 5) is 0. The van der Waals surface area contributed by atoms with Gasteiger partial charge in [-0.25, -0.2) is 0 Å². The van der Waals surface area contributed by atoms with Crippen molar-refractivity contribution in [2.45, 2.75) is 44.4 Å². The van der Waals surface area contributed by atoms with Crippen LogP contribution in [0.3, 0.4) is 0 Å². The lowest BCUT2D eigenvalue weighted by Gasteiger charge is -2.13. The Labute approximate surface area is 74.6 Å². The minimum atomic E-state index is 0.429. The molecule has 0 heterocycles. The molecule has 0 radical (unpaired) electrons. The Morgan fingerprint density at radius 2 is 2.27 bits per heavy atom. The molecule has 1 aliphatic carbocycles. The monoisotopic (exact) mass is 172 g/mol. The molecule has 1 fully saturated rings. The van der Waals surface area contributed by atoms with Gasteiger partial charge in [-0.2, -0.15) is 0 Å². The van der Waals surface area contributed by atoms with Gasteiger partial charge >= 0.3 is 0 Å². The maximum absolute atomic E-state index is 6.14. The zero-order chi connectivity index (χ0) is 8.27. The maximum Gasteiger partial charge on any atom is 0.0367 e. The Kier molecular flexibility index (Phi) is 3.45. The summed E-state index contributed by atoms with van der Waals surface area (Å²) in [5.74, 6) is 0.726. The highest BCUT2D eigenvalue weighted by Gasteiger charge is 2.24. The first-order valence-electron chi connectivity index (χ1n) is 4.54. The fraction of sp³-hybridized carbons (Fsp3) is 0.800. The van der Waals surface area contributed by atoms with E-state index in [2.05, 4.69) is 13.5 Å². The zero-order valence-electron chi connectivity index (χ0n) is 7.28. The van der Waals surface area contributed by atoms with Crippen LogP contribution in [-0.2, 0) is 0 Å². The number of hydrogen-bond donors (Lipinski definition) is 0. The molecule has 1 heteroatoms. The van der Waals surface area contributed by atoms with Gasteiger partial charge in [0.25, 0.3) is 0 Å². The third-order valence-corrected chi connectivity index (χ3v) is 3.19. The van der Waals surface area contributed by atoms with Crippen LogP contribution in [0.15, 0.2) is 12.2 Å². The lowest BCUT2D eigenvalue weighted by Crippen LogP contribution is -2.07. The van der Waals surface area contributed by atoms with E-state index < -0.39 is 0 Å². The van der Waals surface area contributed by atoms with Crippen LogP contribution in [0.5, 0.6) is 0 Å². The molecule has 2 unspecified atom stereocenters. The third-order valence-electron chi connectivity index (χ3n) is 2.62. The van der Waals surface area contributed by atoms with Crippen molar-refractivity contribution in [3.63, 3.8) is 0 Å². The Morgan fingerprint density at radius 3 is 2.73 bits per heavy atom. The van der Waals surface area contributed by atoms with Crippen molar-refractivity contribution in [2.24, 2.45) is 5.92 Å². The zero-order valence-corrected chi connectivity index (χ0v) is 8.03. The summed E-state index contributed by atoms with van der Waals surface area (Å²) in [6, 6.07) is 0. The van der Waals surface area contributed by atoms with Crippen LogP contribution < -0.4 is 0 Å². The largest absolute Gasteiger partial charge is 0.123 e. The Balaban J connectivity index is 2.30. The van der Waals surface area contributed by atoms with Crippen LogP contribution in [0, 0.1) is 5.92 Å². The van der Waals surface area contributed by atoms with Gasteiger partial charge in [0.2, 0.25) is 0 Å². The number of hydrogen-bond acceptors (Lipinski definition) is 0. The minimum absolute atomic E-state index is 0.429. The number of halogens is 1. The quantitative estimate of drug-likeness (QED) is 0.449. The fourth-order valence-corrected chi connectivity index (χ4v) is 2.11. The molecule has 0 spiro atoms. The highest BCUT2D eigenvalue weighted by Crippen LogP contribution is 2.34. The van der Waals surface area contributed by atoms with Crippen molar-refractivity contribution in [2.75, 3.05) is 0 Å². The number of alkyl halides is 1. The molecule has 0 aromatic heterocycles. The van der Waals surface area contributed by atoms with E-state index in [1.54, 1.807) is 0 Å². The van der Waals surface area contributed by atoms with Crippen molar-refractivity contribution < 1.29 is 0 Å². The van der Waals surface area contributed by atoms with E-state index in [0.29, 0.717) is 5.38 Å². The van der Waals surface area contributed by atoms with Gasteiger partial charge in [-0.3, -0.25) is 0 Å². The topological polar surface area (TPSA) is 0 Å². The molecule has 64 valence electrons. The smallest absolute Gasteiger partial charge is 0.0367 e. The van der Waals surface area contributed by atoms with Crippen molar-refractivity contribution in [3.8, 4) is 0 Å². The summed E-state index contributed by atoms with van der Waals surface area (Å²) in [5, 5.41) is 0.429. The van der Waals surface area contributed by atoms with Gasteiger partial charge in [0.1, 0.15) is 0 Å². The van der Waals surface area contributed by atoms with E-state index >= 15 is 0 Å². The van der Waals surface area contributed by atoms with E-state index in [4.69, 9.17) is 11.6 Å². The van der Waals surface area contributed by atoms with Gasteiger partial charge in [0.05, 0.1) is 0 Å². The van der Waals surface area contributed by atoms with Gasteiger partial charge in [0.15, 0.2) is 0 Å². The highest BCUT2D eigenvalue weighted by molar-refractivity contribution is 6.20. The standard InChI is InChI=1S/C10H17Cl/c1-3-8(2)7-9-5-4-6-10(9)11/h9-10H,2-7H2,1H3. The summed E-state index contributed by atoms with van der Waals surface area (Å²) in [7, 11) is 0. The van der Waals surface area contributed by atoms with E-state index in [9.17, 15) is 0 Å². The van der Waals surface area contributed by atoms with Crippen LogP contribution in [0.4, 0.5) is 0 Å². The van der Waals surface area contributed by atoms with Crippen molar-refractivity contribution in [1.82, 2.24) is 0 Å². The van der Waals surface area contributed by atoms with Crippen molar-refractivity contribution >= 4 is 11.6 Å². The van der Waals surface area contributed by atoms with E-state index in [1.807, 2.05) is 0 Å². The van der Waals surface area contributed by atoms with Gasteiger partial charge in [-0.1, -0.05) is 25.5 Å². The molecule has 0 amide bonds. The van der Waals surface area contributed by atoms with Crippen LogP contribution >= 0.6 is 11.6 Å². The van der Waals surface area contributed by atoms with E-state index in [1.165, 1.54) is 24.8 Å². The average Bonchev–Trinajstić information content (AvgIpc) is 2.37. The molecule has 1 aliphatic rings. The highest BCUT2D eigenvalue weighted by atomic mass is 35.5. The second kappa shape index (κ2) is 4.15. The van der Waals surface area contributed by atoms with Gasteiger partial charge in [0, 0.05) is 5.38 Å². The predicted octanol–water partition coefficient (Wildman–Crippen LogP) is 3.75.